The van der Waals surface area contributed by atoms with Gasteiger partial charge in [0.05, 0.1) is 36.1 Å². The fourth-order valence-electron chi connectivity index (χ4n) is 6.62. The van der Waals surface area contributed by atoms with Crippen LogP contribution in [0.15, 0.2) is 53.6 Å². The maximum Gasteiger partial charge on any atom is 0.410 e. The predicted molar refractivity (Wildman–Crippen MR) is 172 cm³/mol. The minimum Gasteiger partial charge on any atom is -0.445 e. The number of benzene rings is 2. The second-order valence-electron chi connectivity index (χ2n) is 12.3. The molecule has 4 aliphatic rings. The molecule has 15 heteroatoms. The molecular formula is C33H38N8O7. The number of carbonyl (C=O) groups excluding carboxylic acids is 5. The third-order valence-electron chi connectivity index (χ3n) is 9.33. The molecule has 0 spiro atoms. The lowest BCUT2D eigenvalue weighted by atomic mass is 10.0. The second kappa shape index (κ2) is 14.8. The number of fused-ring (bicyclic) bond motifs is 1. The molecule has 0 saturated carbocycles. The molecule has 3 saturated heterocycles. The van der Waals surface area contributed by atoms with Crippen LogP contribution >= 0.6 is 0 Å². The van der Waals surface area contributed by atoms with E-state index in [-0.39, 0.29) is 42.7 Å². The number of nitrogens with one attached hydrogen (secondary N) is 1. The number of amides is 5. The predicted octanol–water partition coefficient (Wildman–Crippen LogP) is 2.71. The van der Waals surface area contributed by atoms with E-state index < -0.39 is 35.8 Å². The monoisotopic (exact) mass is 658 g/mol. The summed E-state index contributed by atoms with van der Waals surface area (Å²) in [5.41, 5.74) is 10.5. The summed E-state index contributed by atoms with van der Waals surface area (Å²) in [7, 11) is 0. The molecule has 252 valence electrons. The number of ether oxygens (including phenoxy) is 2. The van der Waals surface area contributed by atoms with Crippen molar-refractivity contribution in [1.82, 2.24) is 20.0 Å². The standard InChI is InChI=1S/C33H38N8O7/c34-37-36-23-11-13-38(14-12-23)15-17-47-18-16-40(33(46)48-21-22-5-2-1-3-6-22)24-19-39(20-24)26-8-4-7-25-29(26)32(45)41(31(25)44)27-9-10-28(42)35-30(27)43/h1-8,23-24,27H,9-21H2,(H,35,42,43). The first-order valence-electron chi connectivity index (χ1n) is 16.2. The summed E-state index contributed by atoms with van der Waals surface area (Å²) in [6, 6.07) is 13.2. The largest absolute Gasteiger partial charge is 0.445 e. The zero-order valence-corrected chi connectivity index (χ0v) is 26.5. The van der Waals surface area contributed by atoms with E-state index in [9.17, 15) is 24.0 Å². The van der Waals surface area contributed by atoms with Crippen molar-refractivity contribution in [3.05, 3.63) is 75.7 Å². The number of piperidine rings is 2. The van der Waals surface area contributed by atoms with Crippen LogP contribution < -0.4 is 10.2 Å². The fraction of sp³-hybridized carbons (Fsp3) is 0.485. The minimum atomic E-state index is -1.05. The summed E-state index contributed by atoms with van der Waals surface area (Å²) < 4.78 is 11.6. The first-order valence-corrected chi connectivity index (χ1v) is 16.2. The molecule has 0 radical (unpaired) electrons. The molecule has 15 nitrogen and oxygen atoms in total. The Labute approximate surface area is 277 Å². The third-order valence-corrected chi connectivity index (χ3v) is 9.33. The van der Waals surface area contributed by atoms with E-state index in [0.717, 1.165) is 42.9 Å². The van der Waals surface area contributed by atoms with Gasteiger partial charge in [-0.15, -0.1) is 0 Å². The van der Waals surface area contributed by atoms with Crippen LogP contribution in [0.5, 0.6) is 0 Å². The van der Waals surface area contributed by atoms with Gasteiger partial charge >= 0.3 is 6.09 Å². The minimum absolute atomic E-state index is 0.0436. The summed E-state index contributed by atoms with van der Waals surface area (Å²) in [6.45, 7) is 4.44. The maximum absolute atomic E-state index is 13.6. The van der Waals surface area contributed by atoms with Gasteiger partial charge in [-0.3, -0.25) is 34.3 Å². The number of hydrogen-bond donors (Lipinski definition) is 1. The maximum atomic E-state index is 13.6. The lowest BCUT2D eigenvalue weighted by Crippen LogP contribution is -2.62. The van der Waals surface area contributed by atoms with Gasteiger partial charge in [-0.25, -0.2) is 4.79 Å². The summed E-state index contributed by atoms with van der Waals surface area (Å²) in [4.78, 5) is 74.2. The molecule has 3 fully saturated rings. The van der Waals surface area contributed by atoms with Gasteiger partial charge in [-0.2, -0.15) is 0 Å². The van der Waals surface area contributed by atoms with Crippen molar-refractivity contribution >= 4 is 35.4 Å². The molecule has 1 N–H and O–H groups in total. The van der Waals surface area contributed by atoms with Gasteiger partial charge in [0.25, 0.3) is 11.8 Å². The number of imide groups is 2. The summed E-state index contributed by atoms with van der Waals surface area (Å²) in [5, 5.41) is 6.04. The summed E-state index contributed by atoms with van der Waals surface area (Å²) >= 11 is 0. The normalized spacial score (nSPS) is 20.2. The second-order valence-corrected chi connectivity index (χ2v) is 12.3. The number of anilines is 1. The first-order chi connectivity index (χ1) is 23.3. The number of nitrogens with zero attached hydrogens (tertiary/aromatic N) is 7. The van der Waals surface area contributed by atoms with Crippen LogP contribution in [0, 0.1) is 0 Å². The van der Waals surface area contributed by atoms with Crippen LogP contribution in [0.3, 0.4) is 0 Å². The zero-order chi connectivity index (χ0) is 33.6. The van der Waals surface area contributed by atoms with Crippen molar-refractivity contribution in [2.45, 2.75) is 50.4 Å². The highest BCUT2D eigenvalue weighted by molar-refractivity contribution is 6.25. The molecule has 4 aliphatic heterocycles. The zero-order valence-electron chi connectivity index (χ0n) is 26.5. The molecule has 2 aromatic rings. The number of azide groups is 1. The lowest BCUT2D eigenvalue weighted by Gasteiger charge is -2.46. The van der Waals surface area contributed by atoms with E-state index in [1.165, 1.54) is 0 Å². The van der Waals surface area contributed by atoms with Gasteiger partial charge in [-0.1, -0.05) is 41.5 Å². The topological polar surface area (TPSA) is 178 Å². The highest BCUT2D eigenvalue weighted by atomic mass is 16.6. The molecule has 4 heterocycles. The van der Waals surface area contributed by atoms with E-state index in [0.29, 0.717) is 38.5 Å². The average Bonchev–Trinajstić information content (AvgIpc) is 3.32. The van der Waals surface area contributed by atoms with E-state index in [2.05, 4.69) is 20.2 Å². The van der Waals surface area contributed by atoms with Gasteiger partial charge in [0.1, 0.15) is 12.6 Å². The highest BCUT2D eigenvalue weighted by Gasteiger charge is 2.47. The molecule has 0 bridgehead atoms. The van der Waals surface area contributed by atoms with E-state index >= 15 is 0 Å². The van der Waals surface area contributed by atoms with Gasteiger partial charge in [0.2, 0.25) is 11.8 Å². The Morgan fingerprint density at radius 2 is 1.75 bits per heavy atom. The van der Waals surface area contributed by atoms with E-state index in [4.69, 9.17) is 15.0 Å². The van der Waals surface area contributed by atoms with Gasteiger partial charge in [0, 0.05) is 43.6 Å². The third kappa shape index (κ3) is 7.13. The molecule has 1 unspecified atom stereocenters. The molecule has 0 aromatic heterocycles. The Kier molecular flexibility index (Phi) is 10.2. The van der Waals surface area contributed by atoms with Crippen molar-refractivity contribution in [1.29, 1.82) is 0 Å². The van der Waals surface area contributed by atoms with Crippen LogP contribution in [-0.2, 0) is 25.7 Å². The Balaban J connectivity index is 1.07. The van der Waals surface area contributed by atoms with Crippen molar-refractivity contribution in [2.24, 2.45) is 5.11 Å². The fourth-order valence-corrected chi connectivity index (χ4v) is 6.62. The lowest BCUT2D eigenvalue weighted by molar-refractivity contribution is -0.136. The van der Waals surface area contributed by atoms with Crippen LogP contribution in [-0.4, -0.2) is 115 Å². The Morgan fingerprint density at radius 3 is 2.48 bits per heavy atom. The molecule has 1 atom stereocenters. The molecule has 0 aliphatic carbocycles. The van der Waals surface area contributed by atoms with Crippen LogP contribution in [0.1, 0.15) is 52.0 Å². The van der Waals surface area contributed by atoms with Crippen LogP contribution in [0.25, 0.3) is 10.4 Å². The average molecular weight is 659 g/mol. The number of carbonyl (C=O) groups is 5. The number of likely N-dealkylation sites (tertiary alicyclic amines) is 1. The van der Waals surface area contributed by atoms with Crippen LogP contribution in [0.2, 0.25) is 0 Å². The Hall–Kier alpha value is -4.98. The van der Waals surface area contributed by atoms with Crippen molar-refractivity contribution in [2.75, 3.05) is 57.4 Å². The summed E-state index contributed by atoms with van der Waals surface area (Å²) in [5.74, 6) is -2.22. The smallest absolute Gasteiger partial charge is 0.410 e. The summed E-state index contributed by atoms with van der Waals surface area (Å²) in [6.07, 6.45) is 1.29. The van der Waals surface area contributed by atoms with E-state index in [1.54, 1.807) is 23.1 Å². The van der Waals surface area contributed by atoms with Crippen LogP contribution in [0.4, 0.5) is 10.5 Å². The molecule has 6 rings (SSSR count). The Bertz CT molecular complexity index is 1600. The quantitative estimate of drug-likeness (QED) is 0.118. The van der Waals surface area contributed by atoms with Crippen molar-refractivity contribution in [3.8, 4) is 0 Å². The van der Waals surface area contributed by atoms with Gasteiger partial charge < -0.3 is 19.3 Å². The van der Waals surface area contributed by atoms with Crippen molar-refractivity contribution in [3.63, 3.8) is 0 Å². The van der Waals surface area contributed by atoms with Gasteiger partial charge in [0.15, 0.2) is 0 Å². The molecule has 5 amide bonds. The first kappa shape index (κ1) is 32.9. The SMILES string of the molecule is [N-]=[N+]=NC1CCN(CCOCCN(C(=O)OCc2ccccc2)C2CN(c3cccc4c3C(=O)N(C3CCC(=O)NC3=O)C4=O)C2)CC1. The Morgan fingerprint density at radius 1 is 0.979 bits per heavy atom. The van der Waals surface area contributed by atoms with Gasteiger partial charge in [-0.05, 0) is 55.6 Å². The van der Waals surface area contributed by atoms with Crippen molar-refractivity contribution < 1.29 is 33.4 Å². The number of rotatable bonds is 12. The molecule has 48 heavy (non-hydrogen) atoms. The molecular weight excluding hydrogens is 620 g/mol. The number of hydrogen-bond acceptors (Lipinski definition) is 10. The van der Waals surface area contributed by atoms with E-state index in [1.807, 2.05) is 35.2 Å². The highest BCUT2D eigenvalue weighted by Crippen LogP contribution is 2.36. The molecule has 2 aromatic carbocycles.